The number of hydrazine groups is 1. The van der Waals surface area contributed by atoms with Crippen molar-refractivity contribution in [3.05, 3.63) is 0 Å². The summed E-state index contributed by atoms with van der Waals surface area (Å²) in [4.78, 5) is 27.3. The lowest BCUT2D eigenvalue weighted by Crippen LogP contribution is -2.46. The van der Waals surface area contributed by atoms with Crippen molar-refractivity contribution in [2.45, 2.75) is 58.5 Å². The standard InChI is InChI=1S/C15H28N4O3/c1-4-10(5-2)14(19-9(3)20)12-6-11(15(21)22)7-13(12)17-8-18-16/h8,10-14H,4-7,16H2,1-3H3,(H,17,18)(H,19,20)(H,21,22)/t11-,12-,13-,14+/m1/s1. The number of hydrogen-bond donors (Lipinski definition) is 4. The minimum atomic E-state index is -0.797. The highest BCUT2D eigenvalue weighted by molar-refractivity contribution is 5.73. The number of aliphatic imine (C=N–C) groups is 1. The Morgan fingerprint density at radius 3 is 2.45 bits per heavy atom. The lowest BCUT2D eigenvalue weighted by atomic mass is 9.81. The molecule has 0 heterocycles. The van der Waals surface area contributed by atoms with Gasteiger partial charge in [-0.15, -0.1) is 0 Å². The normalized spacial score (nSPS) is 26.3. The number of hydrogen-bond acceptors (Lipinski definition) is 4. The van der Waals surface area contributed by atoms with Crippen LogP contribution in [-0.2, 0) is 9.59 Å². The molecule has 4 atom stereocenters. The highest BCUT2D eigenvalue weighted by Crippen LogP contribution is 2.39. The van der Waals surface area contributed by atoms with Crippen molar-refractivity contribution in [1.82, 2.24) is 10.7 Å². The Labute approximate surface area is 131 Å². The molecular weight excluding hydrogens is 284 g/mol. The number of carbonyl (C=O) groups excluding carboxylic acids is 1. The Bertz CT molecular complexity index is 410. The van der Waals surface area contributed by atoms with Gasteiger partial charge in [0, 0.05) is 18.9 Å². The van der Waals surface area contributed by atoms with Gasteiger partial charge in [0.1, 0.15) is 0 Å². The number of amides is 1. The van der Waals surface area contributed by atoms with Gasteiger partial charge in [-0.3, -0.25) is 14.6 Å². The molecule has 1 aliphatic carbocycles. The monoisotopic (exact) mass is 312 g/mol. The van der Waals surface area contributed by atoms with E-state index in [9.17, 15) is 14.7 Å². The zero-order valence-electron chi connectivity index (χ0n) is 13.6. The summed E-state index contributed by atoms with van der Waals surface area (Å²) in [5.74, 6) is 4.25. The second kappa shape index (κ2) is 8.73. The molecule has 1 aliphatic rings. The molecule has 0 aromatic carbocycles. The molecule has 0 spiro atoms. The van der Waals surface area contributed by atoms with Gasteiger partial charge in [0.05, 0.1) is 18.3 Å². The molecule has 0 radical (unpaired) electrons. The second-order valence-corrected chi connectivity index (χ2v) is 5.99. The molecule has 1 fully saturated rings. The number of nitrogens with zero attached hydrogens (tertiary/aromatic N) is 1. The van der Waals surface area contributed by atoms with E-state index in [-0.39, 0.29) is 23.9 Å². The van der Waals surface area contributed by atoms with Crippen LogP contribution in [0.3, 0.4) is 0 Å². The Hall–Kier alpha value is -1.63. The second-order valence-electron chi connectivity index (χ2n) is 5.99. The first-order chi connectivity index (χ1) is 10.4. The largest absolute Gasteiger partial charge is 0.481 e. The van der Waals surface area contributed by atoms with Crippen LogP contribution >= 0.6 is 0 Å². The van der Waals surface area contributed by atoms with E-state index in [0.29, 0.717) is 18.8 Å². The van der Waals surface area contributed by atoms with Crippen LogP contribution in [0.5, 0.6) is 0 Å². The lowest BCUT2D eigenvalue weighted by molar-refractivity contribution is -0.141. The molecule has 1 amide bonds. The number of nitrogens with two attached hydrogens (primary N) is 1. The highest BCUT2D eigenvalue weighted by Gasteiger charge is 2.43. The number of carboxylic acids is 1. The van der Waals surface area contributed by atoms with E-state index in [4.69, 9.17) is 5.84 Å². The summed E-state index contributed by atoms with van der Waals surface area (Å²) < 4.78 is 0. The molecule has 0 saturated heterocycles. The maximum atomic E-state index is 11.6. The van der Waals surface area contributed by atoms with Crippen LogP contribution in [0.15, 0.2) is 4.99 Å². The van der Waals surface area contributed by atoms with E-state index in [0.717, 1.165) is 12.8 Å². The maximum absolute atomic E-state index is 11.6. The SMILES string of the molecule is CCC(CC)[C@H](NC(C)=O)[C@@H]1C[C@@H](C(=O)O)C[C@H]1N=CNN. The van der Waals surface area contributed by atoms with Gasteiger partial charge < -0.3 is 15.8 Å². The van der Waals surface area contributed by atoms with Gasteiger partial charge in [-0.05, 0) is 18.8 Å². The topological polar surface area (TPSA) is 117 Å². The van der Waals surface area contributed by atoms with Crippen molar-refractivity contribution < 1.29 is 14.7 Å². The van der Waals surface area contributed by atoms with Crippen molar-refractivity contribution in [3.63, 3.8) is 0 Å². The molecule has 0 aromatic rings. The minimum absolute atomic E-state index is 0.0134. The molecule has 1 saturated carbocycles. The lowest BCUT2D eigenvalue weighted by Gasteiger charge is -2.33. The number of rotatable bonds is 8. The summed E-state index contributed by atoms with van der Waals surface area (Å²) in [5.41, 5.74) is 2.37. The van der Waals surface area contributed by atoms with Crippen LogP contribution in [0.2, 0.25) is 0 Å². The third-order valence-corrected chi connectivity index (χ3v) is 4.65. The van der Waals surface area contributed by atoms with Crippen LogP contribution in [0.1, 0.15) is 46.5 Å². The Morgan fingerprint density at radius 2 is 2.00 bits per heavy atom. The van der Waals surface area contributed by atoms with Gasteiger partial charge in [-0.2, -0.15) is 0 Å². The first-order valence-electron chi connectivity index (χ1n) is 7.92. The average molecular weight is 312 g/mol. The molecule has 0 unspecified atom stereocenters. The van der Waals surface area contributed by atoms with E-state index < -0.39 is 11.9 Å². The molecule has 0 bridgehead atoms. The molecule has 126 valence electrons. The third kappa shape index (κ3) is 4.69. The Kier molecular flexibility index (Phi) is 7.31. The quantitative estimate of drug-likeness (QED) is 0.230. The van der Waals surface area contributed by atoms with E-state index in [1.807, 2.05) is 0 Å². The summed E-state index contributed by atoms with van der Waals surface area (Å²) >= 11 is 0. The number of aliphatic carboxylic acids is 1. The maximum Gasteiger partial charge on any atom is 0.306 e. The average Bonchev–Trinajstić information content (AvgIpc) is 2.89. The summed E-state index contributed by atoms with van der Waals surface area (Å²) in [7, 11) is 0. The van der Waals surface area contributed by atoms with Crippen molar-refractivity contribution in [2.75, 3.05) is 0 Å². The van der Waals surface area contributed by atoms with Gasteiger partial charge in [0.25, 0.3) is 0 Å². The fraction of sp³-hybridized carbons (Fsp3) is 0.800. The van der Waals surface area contributed by atoms with Crippen molar-refractivity contribution >= 4 is 18.2 Å². The molecular formula is C15H28N4O3. The summed E-state index contributed by atoms with van der Waals surface area (Å²) in [6.45, 7) is 5.68. The van der Waals surface area contributed by atoms with E-state index in [1.54, 1.807) is 0 Å². The van der Waals surface area contributed by atoms with E-state index in [2.05, 4.69) is 29.6 Å². The predicted molar refractivity (Wildman–Crippen MR) is 85.1 cm³/mol. The van der Waals surface area contributed by atoms with Gasteiger partial charge >= 0.3 is 5.97 Å². The van der Waals surface area contributed by atoms with Crippen LogP contribution in [0.25, 0.3) is 0 Å². The third-order valence-electron chi connectivity index (χ3n) is 4.65. The first-order valence-corrected chi connectivity index (χ1v) is 7.92. The predicted octanol–water partition coefficient (Wildman–Crippen LogP) is 0.898. The van der Waals surface area contributed by atoms with Crippen LogP contribution in [0.4, 0.5) is 0 Å². The summed E-state index contributed by atoms with van der Waals surface area (Å²) in [6, 6.07) is -0.202. The molecule has 22 heavy (non-hydrogen) atoms. The zero-order chi connectivity index (χ0) is 16.7. The Balaban J connectivity index is 3.02. The smallest absolute Gasteiger partial charge is 0.306 e. The van der Waals surface area contributed by atoms with Crippen molar-refractivity contribution in [1.29, 1.82) is 0 Å². The highest BCUT2D eigenvalue weighted by atomic mass is 16.4. The van der Waals surface area contributed by atoms with E-state index in [1.165, 1.54) is 13.3 Å². The molecule has 7 heteroatoms. The molecule has 1 rings (SSSR count). The van der Waals surface area contributed by atoms with Crippen LogP contribution in [0, 0.1) is 17.8 Å². The minimum Gasteiger partial charge on any atom is -0.481 e. The first kappa shape index (κ1) is 18.4. The molecule has 5 N–H and O–H groups in total. The zero-order valence-corrected chi connectivity index (χ0v) is 13.6. The van der Waals surface area contributed by atoms with Crippen molar-refractivity contribution in [2.24, 2.45) is 28.6 Å². The van der Waals surface area contributed by atoms with Crippen molar-refractivity contribution in [3.8, 4) is 0 Å². The van der Waals surface area contributed by atoms with Gasteiger partial charge in [0.15, 0.2) is 0 Å². The van der Waals surface area contributed by atoms with Gasteiger partial charge in [-0.1, -0.05) is 26.7 Å². The number of nitrogens with one attached hydrogen (secondary N) is 2. The fourth-order valence-corrected chi connectivity index (χ4v) is 3.55. The summed E-state index contributed by atoms with van der Waals surface area (Å²) in [5, 5.41) is 12.3. The molecule has 7 nitrogen and oxygen atoms in total. The van der Waals surface area contributed by atoms with E-state index >= 15 is 0 Å². The summed E-state index contributed by atoms with van der Waals surface area (Å²) in [6.07, 6.45) is 4.28. The van der Waals surface area contributed by atoms with Crippen LogP contribution < -0.4 is 16.6 Å². The number of carboxylic acid groups (broad SMARTS) is 1. The van der Waals surface area contributed by atoms with Gasteiger partial charge in [-0.25, -0.2) is 5.84 Å². The molecule has 0 aliphatic heterocycles. The van der Waals surface area contributed by atoms with Crippen LogP contribution in [-0.4, -0.2) is 35.4 Å². The molecule has 0 aromatic heterocycles. The Morgan fingerprint density at radius 1 is 1.36 bits per heavy atom. The number of carbonyl (C=O) groups is 2. The fourth-order valence-electron chi connectivity index (χ4n) is 3.55. The van der Waals surface area contributed by atoms with Gasteiger partial charge in [0.2, 0.25) is 5.91 Å².